The summed E-state index contributed by atoms with van der Waals surface area (Å²) >= 11 is 5.20. The van der Waals surface area contributed by atoms with Gasteiger partial charge in [0.25, 0.3) is 5.91 Å². The quantitative estimate of drug-likeness (QED) is 0.639. The molecule has 0 saturated heterocycles. The molecule has 0 aliphatic heterocycles. The lowest BCUT2D eigenvalue weighted by molar-refractivity contribution is 0.0977. The maximum atomic E-state index is 12.1. The van der Waals surface area contributed by atoms with E-state index in [1.807, 2.05) is 42.5 Å². The van der Waals surface area contributed by atoms with Gasteiger partial charge in [0.05, 0.1) is 12.2 Å². The molecule has 2 aromatic carbocycles. The molecule has 1 amide bonds. The Labute approximate surface area is 163 Å². The van der Waals surface area contributed by atoms with Crippen molar-refractivity contribution in [3.05, 3.63) is 90.3 Å². The molecule has 3 rings (SSSR count). The predicted octanol–water partition coefficient (Wildman–Crippen LogP) is 3.83. The maximum absolute atomic E-state index is 12.1. The van der Waals surface area contributed by atoms with E-state index in [1.54, 1.807) is 18.3 Å². The summed E-state index contributed by atoms with van der Waals surface area (Å²) in [4.78, 5) is 16.0. The van der Waals surface area contributed by atoms with Crippen molar-refractivity contribution in [2.45, 2.75) is 6.42 Å². The van der Waals surface area contributed by atoms with E-state index in [4.69, 9.17) is 17.0 Å². The van der Waals surface area contributed by atoms with Crippen LogP contribution in [0.3, 0.4) is 0 Å². The van der Waals surface area contributed by atoms with Crippen LogP contribution in [0.2, 0.25) is 0 Å². The van der Waals surface area contributed by atoms with Gasteiger partial charge in [-0.2, -0.15) is 0 Å². The smallest absolute Gasteiger partial charge is 0.258 e. The predicted molar refractivity (Wildman–Crippen MR) is 110 cm³/mol. The second-order valence-corrected chi connectivity index (χ2v) is 6.17. The van der Waals surface area contributed by atoms with E-state index in [0.717, 1.165) is 17.9 Å². The summed E-state index contributed by atoms with van der Waals surface area (Å²) in [7, 11) is 0. The first-order valence-electron chi connectivity index (χ1n) is 8.50. The molecule has 0 fully saturated rings. The van der Waals surface area contributed by atoms with Crippen LogP contribution in [0.1, 0.15) is 15.9 Å². The Bertz CT molecular complexity index is 902. The Morgan fingerprint density at radius 2 is 1.89 bits per heavy atom. The number of benzene rings is 2. The number of amides is 1. The fraction of sp³-hybridized carbons (Fsp3) is 0.0952. The standard InChI is InChI=1S/C21H19N3O2S/c25-20(17-8-5-12-22-15-17)24-21(27)23-18-9-4-10-19(14-18)26-13-11-16-6-2-1-3-7-16/h1-10,12,14-15H,11,13H2,(H2,23,24,25,27). The highest BCUT2D eigenvalue weighted by atomic mass is 32.1. The monoisotopic (exact) mass is 377 g/mol. The summed E-state index contributed by atoms with van der Waals surface area (Å²) in [5.41, 5.74) is 2.41. The van der Waals surface area contributed by atoms with Gasteiger partial charge < -0.3 is 10.1 Å². The van der Waals surface area contributed by atoms with Gasteiger partial charge in [0.15, 0.2) is 5.11 Å². The molecule has 0 bridgehead atoms. The van der Waals surface area contributed by atoms with Crippen LogP contribution >= 0.6 is 12.2 Å². The second kappa shape index (κ2) is 9.45. The van der Waals surface area contributed by atoms with Crippen LogP contribution < -0.4 is 15.4 Å². The lowest BCUT2D eigenvalue weighted by atomic mass is 10.2. The zero-order valence-electron chi connectivity index (χ0n) is 14.6. The van der Waals surface area contributed by atoms with E-state index in [-0.39, 0.29) is 11.0 Å². The van der Waals surface area contributed by atoms with Crippen molar-refractivity contribution in [1.29, 1.82) is 0 Å². The van der Waals surface area contributed by atoms with Crippen molar-refractivity contribution in [3.8, 4) is 5.75 Å². The first kappa shape index (κ1) is 18.5. The van der Waals surface area contributed by atoms with Crippen molar-refractivity contribution in [3.63, 3.8) is 0 Å². The van der Waals surface area contributed by atoms with Gasteiger partial charge in [-0.3, -0.25) is 15.1 Å². The molecule has 0 radical (unpaired) electrons. The minimum atomic E-state index is -0.309. The lowest BCUT2D eigenvalue weighted by Gasteiger charge is -2.11. The number of thiocarbonyl (C=S) groups is 1. The van der Waals surface area contributed by atoms with Gasteiger partial charge in [-0.15, -0.1) is 0 Å². The van der Waals surface area contributed by atoms with Crippen molar-refractivity contribution in [2.24, 2.45) is 0 Å². The number of aromatic nitrogens is 1. The average Bonchev–Trinajstić information content (AvgIpc) is 2.70. The number of hydrogen-bond donors (Lipinski definition) is 2. The van der Waals surface area contributed by atoms with Crippen LogP contribution in [0.4, 0.5) is 5.69 Å². The van der Waals surface area contributed by atoms with Crippen molar-refractivity contribution >= 4 is 28.9 Å². The van der Waals surface area contributed by atoms with E-state index in [2.05, 4.69) is 27.8 Å². The van der Waals surface area contributed by atoms with Crippen molar-refractivity contribution in [1.82, 2.24) is 10.3 Å². The van der Waals surface area contributed by atoms with E-state index >= 15 is 0 Å². The summed E-state index contributed by atoms with van der Waals surface area (Å²) in [6.07, 6.45) is 3.92. The highest BCUT2D eigenvalue weighted by Crippen LogP contribution is 2.17. The third-order valence-electron chi connectivity index (χ3n) is 3.74. The van der Waals surface area contributed by atoms with E-state index < -0.39 is 0 Å². The number of carbonyl (C=O) groups excluding carboxylic acids is 1. The number of pyridine rings is 1. The van der Waals surface area contributed by atoms with Crippen LogP contribution in [0.5, 0.6) is 5.75 Å². The molecule has 0 atom stereocenters. The minimum absolute atomic E-state index is 0.213. The molecule has 0 aliphatic carbocycles. The van der Waals surface area contributed by atoms with Crippen LogP contribution in [0.15, 0.2) is 79.1 Å². The Morgan fingerprint density at radius 1 is 1.04 bits per heavy atom. The van der Waals surface area contributed by atoms with Crippen LogP contribution in [0.25, 0.3) is 0 Å². The lowest BCUT2D eigenvalue weighted by Crippen LogP contribution is -2.34. The van der Waals surface area contributed by atoms with Crippen molar-refractivity contribution < 1.29 is 9.53 Å². The zero-order chi connectivity index (χ0) is 18.9. The van der Waals surface area contributed by atoms with Gasteiger partial charge >= 0.3 is 0 Å². The zero-order valence-corrected chi connectivity index (χ0v) is 15.4. The fourth-order valence-corrected chi connectivity index (χ4v) is 2.64. The summed E-state index contributed by atoms with van der Waals surface area (Å²) in [5, 5.41) is 5.83. The number of ether oxygens (including phenoxy) is 1. The first-order chi connectivity index (χ1) is 13.2. The molecule has 6 heteroatoms. The molecule has 0 aliphatic rings. The molecule has 2 N–H and O–H groups in total. The van der Waals surface area contributed by atoms with E-state index in [9.17, 15) is 4.79 Å². The topological polar surface area (TPSA) is 63.2 Å². The van der Waals surface area contributed by atoms with Crippen LogP contribution in [-0.2, 0) is 6.42 Å². The molecule has 27 heavy (non-hydrogen) atoms. The number of rotatable bonds is 6. The Kier molecular flexibility index (Phi) is 6.49. The minimum Gasteiger partial charge on any atom is -0.493 e. The van der Waals surface area contributed by atoms with Gasteiger partial charge in [0, 0.05) is 30.6 Å². The molecule has 1 aromatic heterocycles. The molecule has 3 aromatic rings. The molecule has 136 valence electrons. The van der Waals surface area contributed by atoms with Gasteiger partial charge in [-0.1, -0.05) is 36.4 Å². The summed E-state index contributed by atoms with van der Waals surface area (Å²) in [5.74, 6) is 0.424. The summed E-state index contributed by atoms with van der Waals surface area (Å²) in [6.45, 7) is 0.579. The van der Waals surface area contributed by atoms with E-state index in [0.29, 0.717) is 12.2 Å². The summed E-state index contributed by atoms with van der Waals surface area (Å²) in [6, 6.07) is 21.0. The second-order valence-electron chi connectivity index (χ2n) is 5.76. The third kappa shape index (κ3) is 5.90. The summed E-state index contributed by atoms with van der Waals surface area (Å²) < 4.78 is 5.80. The highest BCUT2D eigenvalue weighted by molar-refractivity contribution is 7.80. The van der Waals surface area contributed by atoms with Crippen molar-refractivity contribution in [2.75, 3.05) is 11.9 Å². The molecule has 1 heterocycles. The van der Waals surface area contributed by atoms with Gasteiger partial charge in [0.1, 0.15) is 5.75 Å². The van der Waals surface area contributed by atoms with Crippen LogP contribution in [-0.4, -0.2) is 22.6 Å². The van der Waals surface area contributed by atoms with Gasteiger partial charge in [-0.05, 0) is 42.0 Å². The SMILES string of the molecule is O=C(NC(=S)Nc1cccc(OCCc2ccccc2)c1)c1cccnc1. The molecular formula is C21H19N3O2S. The normalized spacial score (nSPS) is 10.1. The van der Waals surface area contributed by atoms with E-state index in [1.165, 1.54) is 11.8 Å². The number of carbonyl (C=O) groups is 1. The number of nitrogens with zero attached hydrogens (tertiary/aromatic N) is 1. The molecule has 0 unspecified atom stereocenters. The average molecular weight is 377 g/mol. The molecule has 0 spiro atoms. The maximum Gasteiger partial charge on any atom is 0.258 e. The Balaban J connectivity index is 1.51. The number of anilines is 1. The molecule has 0 saturated carbocycles. The highest BCUT2D eigenvalue weighted by Gasteiger charge is 2.08. The van der Waals surface area contributed by atoms with Gasteiger partial charge in [0.2, 0.25) is 0 Å². The first-order valence-corrected chi connectivity index (χ1v) is 8.91. The molecular weight excluding hydrogens is 358 g/mol. The largest absolute Gasteiger partial charge is 0.493 e. The van der Waals surface area contributed by atoms with Gasteiger partial charge in [-0.25, -0.2) is 0 Å². The third-order valence-corrected chi connectivity index (χ3v) is 3.95. The number of hydrogen-bond acceptors (Lipinski definition) is 4. The van der Waals surface area contributed by atoms with Crippen LogP contribution in [0, 0.1) is 0 Å². The fourth-order valence-electron chi connectivity index (χ4n) is 2.43. The Morgan fingerprint density at radius 3 is 2.67 bits per heavy atom. The Hall–Kier alpha value is -3.25. The number of nitrogens with one attached hydrogen (secondary N) is 2. The molecule has 5 nitrogen and oxygen atoms in total.